The maximum absolute atomic E-state index is 12.6. The van der Waals surface area contributed by atoms with Gasteiger partial charge in [0.05, 0.1) is 16.1 Å². The summed E-state index contributed by atoms with van der Waals surface area (Å²) in [5.74, 6) is -0.588. The van der Waals surface area contributed by atoms with Gasteiger partial charge in [-0.3, -0.25) is 14.4 Å². The van der Waals surface area contributed by atoms with Crippen molar-refractivity contribution in [2.24, 2.45) is 0 Å². The lowest BCUT2D eigenvalue weighted by Gasteiger charge is -2.12. The summed E-state index contributed by atoms with van der Waals surface area (Å²) in [6.45, 7) is 2.83. The van der Waals surface area contributed by atoms with Gasteiger partial charge in [-0.15, -0.1) is 11.3 Å². The van der Waals surface area contributed by atoms with Crippen LogP contribution in [0.5, 0.6) is 0 Å². The molecule has 3 N–H and O–H groups in total. The molecule has 7 heteroatoms. The van der Waals surface area contributed by atoms with Crippen LogP contribution in [0.15, 0.2) is 66.0 Å². The number of carbonyl (C=O) groups is 3. The van der Waals surface area contributed by atoms with E-state index in [9.17, 15) is 14.4 Å². The molecule has 3 rings (SSSR count). The molecule has 0 aliphatic carbocycles. The number of anilines is 1. The van der Waals surface area contributed by atoms with Crippen LogP contribution in [-0.2, 0) is 11.3 Å². The summed E-state index contributed by atoms with van der Waals surface area (Å²) in [4.78, 5) is 37.5. The number of thiophene rings is 1. The first kappa shape index (κ1) is 22.2. The Morgan fingerprint density at radius 1 is 0.871 bits per heavy atom. The maximum atomic E-state index is 12.6. The molecule has 160 valence electrons. The van der Waals surface area contributed by atoms with E-state index in [1.165, 1.54) is 11.3 Å². The fourth-order valence-electron chi connectivity index (χ4n) is 2.93. The predicted molar refractivity (Wildman–Crippen MR) is 123 cm³/mol. The van der Waals surface area contributed by atoms with Crippen molar-refractivity contribution >= 4 is 34.7 Å². The van der Waals surface area contributed by atoms with Crippen LogP contribution in [0.2, 0.25) is 0 Å². The molecule has 0 aliphatic rings. The molecule has 3 amide bonds. The van der Waals surface area contributed by atoms with Crippen molar-refractivity contribution in [3.8, 4) is 0 Å². The average Bonchev–Trinajstić information content (AvgIpc) is 3.31. The third-order valence-corrected chi connectivity index (χ3v) is 5.50. The summed E-state index contributed by atoms with van der Waals surface area (Å²) in [5, 5.41) is 10.3. The molecule has 0 unspecified atom stereocenters. The first-order valence-electron chi connectivity index (χ1n) is 10.1. The van der Waals surface area contributed by atoms with Crippen molar-refractivity contribution < 1.29 is 14.4 Å². The van der Waals surface area contributed by atoms with Crippen molar-refractivity contribution in [3.63, 3.8) is 0 Å². The zero-order chi connectivity index (χ0) is 22.1. The van der Waals surface area contributed by atoms with Gasteiger partial charge in [0, 0.05) is 19.5 Å². The van der Waals surface area contributed by atoms with E-state index < -0.39 is 0 Å². The number of rotatable bonds is 9. The Balaban J connectivity index is 1.47. The highest BCUT2D eigenvalue weighted by Crippen LogP contribution is 2.16. The number of nitrogens with one attached hydrogen (secondary N) is 3. The topological polar surface area (TPSA) is 87.3 Å². The minimum Gasteiger partial charge on any atom is -0.351 e. The Kier molecular flexibility index (Phi) is 7.95. The minimum atomic E-state index is -0.250. The maximum Gasteiger partial charge on any atom is 0.261 e. The van der Waals surface area contributed by atoms with Gasteiger partial charge in [-0.25, -0.2) is 0 Å². The van der Waals surface area contributed by atoms with Gasteiger partial charge in [0.2, 0.25) is 5.91 Å². The van der Waals surface area contributed by atoms with E-state index in [0.717, 1.165) is 11.1 Å². The minimum absolute atomic E-state index is 0.133. The van der Waals surface area contributed by atoms with E-state index in [4.69, 9.17) is 0 Å². The molecule has 3 aromatic rings. The Bertz CT molecular complexity index is 1030. The van der Waals surface area contributed by atoms with Crippen molar-refractivity contribution in [2.45, 2.75) is 26.3 Å². The molecule has 0 spiro atoms. The smallest absolute Gasteiger partial charge is 0.261 e. The largest absolute Gasteiger partial charge is 0.351 e. The number of benzene rings is 2. The van der Waals surface area contributed by atoms with Gasteiger partial charge in [0.25, 0.3) is 11.8 Å². The van der Waals surface area contributed by atoms with Crippen molar-refractivity contribution in [2.75, 3.05) is 11.9 Å². The normalized spacial score (nSPS) is 10.4. The first-order chi connectivity index (χ1) is 15.0. The molecule has 0 bridgehead atoms. The van der Waals surface area contributed by atoms with Gasteiger partial charge in [-0.2, -0.15) is 0 Å². The third-order valence-electron chi connectivity index (χ3n) is 4.63. The summed E-state index contributed by atoms with van der Waals surface area (Å²) in [5.41, 5.74) is 3.05. The molecule has 2 aromatic carbocycles. The monoisotopic (exact) mass is 435 g/mol. The lowest BCUT2D eigenvalue weighted by Crippen LogP contribution is -2.26. The van der Waals surface area contributed by atoms with Gasteiger partial charge in [0.15, 0.2) is 0 Å². The van der Waals surface area contributed by atoms with Gasteiger partial charge in [-0.1, -0.05) is 48.0 Å². The standard InChI is InChI=1S/C24H25N3O3S/c1-17-10-12-18(13-11-17)16-26-23(29)19-6-2-3-7-20(19)27-22(28)9-4-14-25-24(30)21-8-5-15-31-21/h2-3,5-8,10-13,15H,4,9,14,16H2,1H3,(H,25,30)(H,26,29)(H,27,28). The third kappa shape index (κ3) is 6.79. The Hall–Kier alpha value is -3.45. The van der Waals surface area contributed by atoms with Crippen LogP contribution < -0.4 is 16.0 Å². The van der Waals surface area contributed by atoms with Crippen molar-refractivity contribution in [1.29, 1.82) is 0 Å². The first-order valence-corrected chi connectivity index (χ1v) is 11.0. The van der Waals surface area contributed by atoms with Crippen LogP contribution in [0.1, 0.15) is 44.0 Å². The molecule has 0 radical (unpaired) electrons. The van der Waals surface area contributed by atoms with E-state index in [-0.39, 0.29) is 24.1 Å². The highest BCUT2D eigenvalue weighted by Gasteiger charge is 2.13. The van der Waals surface area contributed by atoms with Crippen LogP contribution >= 0.6 is 11.3 Å². The fourth-order valence-corrected chi connectivity index (χ4v) is 3.57. The molecule has 1 heterocycles. The van der Waals surface area contributed by atoms with Crippen molar-refractivity contribution in [1.82, 2.24) is 10.6 Å². The molecule has 1 aromatic heterocycles. The van der Waals surface area contributed by atoms with Crippen LogP contribution in [0, 0.1) is 6.92 Å². The van der Waals surface area contributed by atoms with Crippen LogP contribution in [0.4, 0.5) is 5.69 Å². The lowest BCUT2D eigenvalue weighted by molar-refractivity contribution is -0.116. The SMILES string of the molecule is Cc1ccc(CNC(=O)c2ccccc2NC(=O)CCCNC(=O)c2cccs2)cc1. The fraction of sp³-hybridized carbons (Fsp3) is 0.208. The number of hydrogen-bond acceptors (Lipinski definition) is 4. The highest BCUT2D eigenvalue weighted by atomic mass is 32.1. The van der Waals surface area contributed by atoms with E-state index >= 15 is 0 Å². The molecule has 31 heavy (non-hydrogen) atoms. The summed E-state index contributed by atoms with van der Waals surface area (Å²) >= 11 is 1.38. The van der Waals surface area contributed by atoms with Crippen LogP contribution in [-0.4, -0.2) is 24.3 Å². The second kappa shape index (κ2) is 11.1. The zero-order valence-electron chi connectivity index (χ0n) is 17.3. The molecular weight excluding hydrogens is 410 g/mol. The summed E-state index contributed by atoms with van der Waals surface area (Å²) in [7, 11) is 0. The van der Waals surface area contributed by atoms with Gasteiger partial charge >= 0.3 is 0 Å². The molecule has 6 nitrogen and oxygen atoms in total. The molecule has 0 saturated carbocycles. The van der Waals surface area contributed by atoms with Crippen molar-refractivity contribution in [3.05, 3.63) is 87.6 Å². The number of carbonyl (C=O) groups excluding carboxylic acids is 3. The van der Waals surface area contributed by atoms with E-state index in [1.54, 1.807) is 30.3 Å². The number of aryl methyl sites for hydroxylation is 1. The summed E-state index contributed by atoms with van der Waals surface area (Å²) < 4.78 is 0. The highest BCUT2D eigenvalue weighted by molar-refractivity contribution is 7.12. The Labute approximate surface area is 185 Å². The predicted octanol–water partition coefficient (Wildman–Crippen LogP) is 4.14. The second-order valence-electron chi connectivity index (χ2n) is 7.10. The zero-order valence-corrected chi connectivity index (χ0v) is 18.1. The summed E-state index contributed by atoms with van der Waals surface area (Å²) in [6, 6.07) is 18.4. The van der Waals surface area contributed by atoms with E-state index in [2.05, 4.69) is 16.0 Å². The molecule has 0 aliphatic heterocycles. The molecule has 0 saturated heterocycles. The Morgan fingerprint density at radius 3 is 2.39 bits per heavy atom. The molecule has 0 fully saturated rings. The second-order valence-corrected chi connectivity index (χ2v) is 8.05. The van der Waals surface area contributed by atoms with Gasteiger partial charge in [-0.05, 0) is 42.5 Å². The molecular formula is C24H25N3O3S. The number of hydrogen-bond donors (Lipinski definition) is 3. The quantitative estimate of drug-likeness (QED) is 0.442. The van der Waals surface area contributed by atoms with Gasteiger partial charge in [0.1, 0.15) is 0 Å². The van der Waals surface area contributed by atoms with Crippen LogP contribution in [0.3, 0.4) is 0 Å². The molecule has 0 atom stereocenters. The van der Waals surface area contributed by atoms with Crippen LogP contribution in [0.25, 0.3) is 0 Å². The number of amides is 3. The van der Waals surface area contributed by atoms with E-state index in [1.807, 2.05) is 42.6 Å². The van der Waals surface area contributed by atoms with E-state index in [0.29, 0.717) is 35.6 Å². The summed E-state index contributed by atoms with van der Waals surface area (Å²) in [6.07, 6.45) is 0.745. The Morgan fingerprint density at radius 2 is 1.65 bits per heavy atom. The average molecular weight is 436 g/mol. The lowest BCUT2D eigenvalue weighted by atomic mass is 10.1. The number of para-hydroxylation sites is 1. The van der Waals surface area contributed by atoms with Gasteiger partial charge < -0.3 is 16.0 Å².